The van der Waals surface area contributed by atoms with E-state index in [9.17, 15) is 4.79 Å². The molecule has 0 saturated heterocycles. The van der Waals surface area contributed by atoms with Gasteiger partial charge in [-0.2, -0.15) is 0 Å². The van der Waals surface area contributed by atoms with Crippen LogP contribution in [0.15, 0.2) is 18.2 Å². The molecule has 0 N–H and O–H groups in total. The number of hydrogen-bond acceptors (Lipinski definition) is 2. The molecule has 32 heavy (non-hydrogen) atoms. The molecule has 1 aliphatic carbocycles. The number of likely N-dealkylation sites (N-methyl/N-ethyl adjacent to an activating group) is 1. The van der Waals surface area contributed by atoms with Crippen LogP contribution in [0.3, 0.4) is 0 Å². The van der Waals surface area contributed by atoms with Crippen molar-refractivity contribution >= 4 is 29.1 Å². The summed E-state index contributed by atoms with van der Waals surface area (Å²) in [5.74, 6) is 0.179. The van der Waals surface area contributed by atoms with Crippen LogP contribution in [0.2, 0.25) is 10.0 Å². The molecule has 1 aromatic carbocycles. The average molecular weight is 484 g/mol. The molecule has 182 valence electrons. The zero-order valence-corrected chi connectivity index (χ0v) is 22.1. The Morgan fingerprint density at radius 2 is 1.38 bits per heavy atom. The number of nitrogens with zero attached hydrogens (tertiary/aromatic N) is 2. The third kappa shape index (κ3) is 8.88. The van der Waals surface area contributed by atoms with Gasteiger partial charge in [0.1, 0.15) is 0 Å². The minimum Gasteiger partial charge on any atom is -0.341 e. The lowest BCUT2D eigenvalue weighted by Crippen LogP contribution is -2.53. The Morgan fingerprint density at radius 1 is 0.844 bits per heavy atom. The number of halogens is 2. The quantitative estimate of drug-likeness (QED) is 0.377. The molecule has 5 heteroatoms. The summed E-state index contributed by atoms with van der Waals surface area (Å²) in [6.07, 6.45) is 15.5. The second-order valence-electron chi connectivity index (χ2n) is 9.51. The van der Waals surface area contributed by atoms with Crippen molar-refractivity contribution in [2.45, 2.75) is 109 Å². The van der Waals surface area contributed by atoms with Gasteiger partial charge < -0.3 is 4.90 Å². The Balaban J connectivity index is 2.23. The van der Waals surface area contributed by atoms with Gasteiger partial charge in [0.15, 0.2) is 0 Å². The second kappa shape index (κ2) is 15.2. The first-order valence-corrected chi connectivity index (χ1v) is 13.7. The zero-order chi connectivity index (χ0) is 23.3. The Morgan fingerprint density at radius 3 is 1.91 bits per heavy atom. The summed E-state index contributed by atoms with van der Waals surface area (Å²) in [6, 6.07) is 6.24. The predicted molar refractivity (Wildman–Crippen MR) is 139 cm³/mol. The molecular weight excluding hydrogens is 439 g/mol. The first-order chi connectivity index (χ1) is 15.5. The Bertz CT molecular complexity index is 676. The summed E-state index contributed by atoms with van der Waals surface area (Å²) in [5, 5.41) is 1.05. The maximum atomic E-state index is 13.4. The van der Waals surface area contributed by atoms with E-state index in [0.717, 1.165) is 37.9 Å². The highest BCUT2D eigenvalue weighted by Gasteiger charge is 2.31. The van der Waals surface area contributed by atoms with Crippen LogP contribution in [0.4, 0.5) is 0 Å². The van der Waals surface area contributed by atoms with Crippen LogP contribution in [0.1, 0.15) is 96.5 Å². The molecule has 2 rings (SSSR count). The van der Waals surface area contributed by atoms with Crippen LogP contribution in [-0.2, 0) is 11.2 Å². The Hall–Kier alpha value is -0.770. The van der Waals surface area contributed by atoms with E-state index in [2.05, 4.69) is 23.6 Å². The molecule has 1 fully saturated rings. The highest BCUT2D eigenvalue weighted by molar-refractivity contribution is 6.42. The molecule has 1 amide bonds. The molecule has 1 saturated carbocycles. The molecule has 1 aliphatic rings. The highest BCUT2D eigenvalue weighted by atomic mass is 35.5. The van der Waals surface area contributed by atoms with Gasteiger partial charge >= 0.3 is 0 Å². The Labute approximate surface area is 206 Å². The van der Waals surface area contributed by atoms with Crippen molar-refractivity contribution in [3.63, 3.8) is 0 Å². The monoisotopic (exact) mass is 482 g/mol. The molecule has 3 nitrogen and oxygen atoms in total. The fraction of sp³-hybridized carbons (Fsp3) is 0.741. The minimum absolute atomic E-state index is 0.179. The van der Waals surface area contributed by atoms with Gasteiger partial charge in [-0.3, -0.25) is 9.69 Å². The standard InChI is InChI=1S/C27H44Cl2N2O/c1-4-18-31(19-5-2)26-15-13-11-9-7-6-8-10-12-14-25(26)30(3)27(32)21-22-16-17-23(28)24(29)20-22/h16-17,20,25-26H,4-15,18-19,21H2,1-3H3. The summed E-state index contributed by atoms with van der Waals surface area (Å²) in [4.78, 5) is 18.1. The minimum atomic E-state index is 0.179. The number of hydrogen-bond donors (Lipinski definition) is 0. The lowest BCUT2D eigenvalue weighted by Gasteiger charge is -2.42. The Kier molecular flexibility index (Phi) is 13.0. The van der Waals surface area contributed by atoms with Crippen LogP contribution in [0.5, 0.6) is 0 Å². The van der Waals surface area contributed by atoms with Crippen LogP contribution in [0, 0.1) is 0 Å². The molecule has 0 spiro atoms. The van der Waals surface area contributed by atoms with Crippen molar-refractivity contribution in [2.75, 3.05) is 20.1 Å². The van der Waals surface area contributed by atoms with Gasteiger partial charge in [0, 0.05) is 19.1 Å². The van der Waals surface area contributed by atoms with Crippen molar-refractivity contribution in [3.05, 3.63) is 33.8 Å². The number of carbonyl (C=O) groups excluding carboxylic acids is 1. The molecule has 0 bridgehead atoms. The van der Waals surface area contributed by atoms with Crippen LogP contribution < -0.4 is 0 Å². The summed E-state index contributed by atoms with van der Waals surface area (Å²) in [6.45, 7) is 6.77. The molecule has 0 aliphatic heterocycles. The molecular formula is C27H44Cl2N2O. The van der Waals surface area contributed by atoms with Crippen LogP contribution in [-0.4, -0.2) is 47.9 Å². The molecule has 0 aromatic heterocycles. The van der Waals surface area contributed by atoms with Crippen molar-refractivity contribution in [1.29, 1.82) is 0 Å². The van der Waals surface area contributed by atoms with Crippen LogP contribution >= 0.6 is 23.2 Å². The molecule has 1 aromatic rings. The average Bonchev–Trinajstić information content (AvgIpc) is 2.76. The summed E-state index contributed by atoms with van der Waals surface area (Å²) in [7, 11) is 2.03. The molecule has 2 atom stereocenters. The lowest BCUT2D eigenvalue weighted by atomic mass is 9.91. The third-order valence-corrected chi connectivity index (χ3v) is 7.65. The summed E-state index contributed by atoms with van der Waals surface area (Å²) >= 11 is 12.3. The van der Waals surface area contributed by atoms with E-state index in [1.54, 1.807) is 6.07 Å². The van der Waals surface area contributed by atoms with Gasteiger partial charge in [-0.15, -0.1) is 0 Å². The number of benzene rings is 1. The van der Waals surface area contributed by atoms with E-state index in [-0.39, 0.29) is 11.9 Å². The predicted octanol–water partition coefficient (Wildman–Crippen LogP) is 7.77. The maximum absolute atomic E-state index is 13.4. The number of amides is 1. The van der Waals surface area contributed by atoms with Crippen molar-refractivity contribution in [1.82, 2.24) is 9.80 Å². The number of carbonyl (C=O) groups is 1. The first-order valence-electron chi connectivity index (χ1n) is 12.9. The van der Waals surface area contributed by atoms with Gasteiger partial charge in [0.05, 0.1) is 16.5 Å². The van der Waals surface area contributed by atoms with Crippen molar-refractivity contribution < 1.29 is 4.79 Å². The van der Waals surface area contributed by atoms with E-state index in [1.165, 1.54) is 57.8 Å². The van der Waals surface area contributed by atoms with Gasteiger partial charge in [0.25, 0.3) is 0 Å². The van der Waals surface area contributed by atoms with E-state index in [4.69, 9.17) is 23.2 Å². The van der Waals surface area contributed by atoms with Crippen LogP contribution in [0.25, 0.3) is 0 Å². The fourth-order valence-corrected chi connectivity index (χ4v) is 5.50. The topological polar surface area (TPSA) is 23.6 Å². The van der Waals surface area contributed by atoms with E-state index in [0.29, 0.717) is 22.5 Å². The maximum Gasteiger partial charge on any atom is 0.227 e. The fourth-order valence-electron chi connectivity index (χ4n) is 5.18. The normalized spacial score (nSPS) is 21.1. The van der Waals surface area contributed by atoms with Crippen molar-refractivity contribution in [3.8, 4) is 0 Å². The van der Waals surface area contributed by atoms with E-state index in [1.807, 2.05) is 19.2 Å². The van der Waals surface area contributed by atoms with Crippen molar-refractivity contribution in [2.24, 2.45) is 0 Å². The number of rotatable bonds is 8. The third-order valence-electron chi connectivity index (χ3n) is 6.91. The highest BCUT2D eigenvalue weighted by Crippen LogP contribution is 2.26. The largest absolute Gasteiger partial charge is 0.341 e. The van der Waals surface area contributed by atoms with Gasteiger partial charge in [-0.05, 0) is 56.5 Å². The van der Waals surface area contributed by atoms with Gasteiger partial charge in [-0.25, -0.2) is 0 Å². The molecule has 0 radical (unpaired) electrons. The summed E-state index contributed by atoms with van der Waals surface area (Å²) in [5.41, 5.74) is 0.930. The molecule has 2 unspecified atom stereocenters. The SMILES string of the molecule is CCCN(CCC)C1CCCCCCCCCCC1N(C)C(=O)Cc1ccc(Cl)c(Cl)c1. The first kappa shape index (κ1) is 27.5. The zero-order valence-electron chi connectivity index (χ0n) is 20.6. The summed E-state index contributed by atoms with van der Waals surface area (Å²) < 4.78 is 0. The lowest BCUT2D eigenvalue weighted by molar-refractivity contribution is -0.133. The second-order valence-corrected chi connectivity index (χ2v) is 10.3. The van der Waals surface area contributed by atoms with Gasteiger partial charge in [-0.1, -0.05) is 94.5 Å². The smallest absolute Gasteiger partial charge is 0.227 e. The van der Waals surface area contributed by atoms with E-state index >= 15 is 0 Å². The van der Waals surface area contributed by atoms with E-state index < -0.39 is 0 Å². The molecule has 0 heterocycles. The van der Waals surface area contributed by atoms with Gasteiger partial charge in [0.2, 0.25) is 5.91 Å².